The number of carbonyl (C=O) groups excluding carboxylic acids is 1. The molecular weight excluding hydrogens is 470 g/mol. The summed E-state index contributed by atoms with van der Waals surface area (Å²) in [6.07, 6.45) is 3.17. The van der Waals surface area contributed by atoms with Crippen molar-refractivity contribution in [3.63, 3.8) is 0 Å². The molecule has 4 heterocycles. The summed E-state index contributed by atoms with van der Waals surface area (Å²) in [5.74, 6) is 1.57. The number of aryl methyl sites for hydroxylation is 1. The first kappa shape index (κ1) is 22.4. The van der Waals surface area contributed by atoms with Crippen LogP contribution >= 0.6 is 11.3 Å². The lowest BCUT2D eigenvalue weighted by Crippen LogP contribution is -2.38. The Kier molecular flexibility index (Phi) is 5.95. The number of anilines is 2. The van der Waals surface area contributed by atoms with Crippen molar-refractivity contribution in [2.24, 2.45) is 5.92 Å². The lowest BCUT2D eigenvalue weighted by molar-refractivity contribution is -0.120. The van der Waals surface area contributed by atoms with E-state index in [9.17, 15) is 4.79 Å². The number of hydrogen-bond acceptors (Lipinski definition) is 7. The number of fused-ring (bicyclic) bond motifs is 1. The lowest BCUT2D eigenvalue weighted by atomic mass is 9.95. The predicted octanol–water partition coefficient (Wildman–Crippen LogP) is 6.18. The number of nitrogens with one attached hydrogen (secondary N) is 1. The number of piperidine rings is 1. The topological polar surface area (TPSA) is 84.2 Å². The fraction of sp³-hybridized carbons (Fsp3) is 0.214. The molecule has 0 radical (unpaired) electrons. The molecule has 5 aromatic rings. The molecule has 1 amide bonds. The quantitative estimate of drug-likeness (QED) is 0.314. The Balaban J connectivity index is 1.05. The largest absolute Gasteiger partial charge is 0.463 e. The molecular formula is C28H25N5O2S. The van der Waals surface area contributed by atoms with Gasteiger partial charge in [-0.2, -0.15) is 0 Å². The van der Waals surface area contributed by atoms with E-state index in [0.717, 1.165) is 53.5 Å². The highest BCUT2D eigenvalue weighted by Crippen LogP contribution is 2.31. The summed E-state index contributed by atoms with van der Waals surface area (Å²) in [6.45, 7) is 3.63. The van der Waals surface area contributed by atoms with Crippen LogP contribution in [0.3, 0.4) is 0 Å². The highest BCUT2D eigenvalue weighted by molar-refractivity contribution is 7.21. The number of rotatable bonds is 5. The molecule has 0 saturated carbocycles. The van der Waals surface area contributed by atoms with Crippen molar-refractivity contribution in [3.05, 3.63) is 78.6 Å². The summed E-state index contributed by atoms with van der Waals surface area (Å²) in [5, 5.41) is 12.7. The third kappa shape index (κ3) is 4.59. The SMILES string of the molecule is Cc1ccc2nc(-c3ccc(NC(=O)C4CCN(c5ccc(-c6ccco6)nn5)CC4)cc3)sc2c1. The van der Waals surface area contributed by atoms with E-state index < -0.39 is 0 Å². The second-order valence-electron chi connectivity index (χ2n) is 9.07. The number of hydrogen-bond donors (Lipinski definition) is 1. The molecule has 3 aromatic heterocycles. The number of carbonyl (C=O) groups is 1. The molecule has 2 aromatic carbocycles. The molecule has 0 aliphatic carbocycles. The minimum Gasteiger partial charge on any atom is -0.463 e. The van der Waals surface area contributed by atoms with Gasteiger partial charge in [0.1, 0.15) is 10.7 Å². The summed E-state index contributed by atoms with van der Waals surface area (Å²) >= 11 is 1.69. The molecule has 180 valence electrons. The summed E-state index contributed by atoms with van der Waals surface area (Å²) < 4.78 is 6.56. The maximum atomic E-state index is 12.9. The van der Waals surface area contributed by atoms with Crippen molar-refractivity contribution in [1.82, 2.24) is 15.2 Å². The van der Waals surface area contributed by atoms with E-state index in [0.29, 0.717) is 11.5 Å². The summed E-state index contributed by atoms with van der Waals surface area (Å²) in [4.78, 5) is 19.8. The van der Waals surface area contributed by atoms with Crippen LogP contribution in [0.4, 0.5) is 11.5 Å². The monoisotopic (exact) mass is 495 g/mol. The minimum atomic E-state index is -0.0243. The van der Waals surface area contributed by atoms with Crippen molar-refractivity contribution in [1.29, 1.82) is 0 Å². The molecule has 7 nitrogen and oxygen atoms in total. The number of nitrogens with zero attached hydrogens (tertiary/aromatic N) is 4. The lowest BCUT2D eigenvalue weighted by Gasteiger charge is -2.31. The van der Waals surface area contributed by atoms with Crippen LogP contribution in [-0.4, -0.2) is 34.2 Å². The van der Waals surface area contributed by atoms with Crippen LogP contribution < -0.4 is 10.2 Å². The van der Waals surface area contributed by atoms with E-state index in [1.807, 2.05) is 48.5 Å². The fourth-order valence-corrected chi connectivity index (χ4v) is 5.59. The first-order valence-electron chi connectivity index (χ1n) is 12.0. The molecule has 1 fully saturated rings. The third-order valence-electron chi connectivity index (χ3n) is 6.56. The molecule has 8 heteroatoms. The summed E-state index contributed by atoms with van der Waals surface area (Å²) in [5.41, 5.74) is 4.82. The van der Waals surface area contributed by atoms with E-state index in [1.165, 1.54) is 10.3 Å². The van der Waals surface area contributed by atoms with E-state index in [2.05, 4.69) is 45.5 Å². The zero-order valence-electron chi connectivity index (χ0n) is 19.8. The van der Waals surface area contributed by atoms with Crippen molar-refractivity contribution in [2.45, 2.75) is 19.8 Å². The second kappa shape index (κ2) is 9.54. The van der Waals surface area contributed by atoms with Gasteiger partial charge in [0.2, 0.25) is 5.91 Å². The Bertz CT molecular complexity index is 1490. The number of furan rings is 1. The van der Waals surface area contributed by atoms with Gasteiger partial charge in [0.05, 0.1) is 16.5 Å². The summed E-state index contributed by atoms with van der Waals surface area (Å²) in [7, 11) is 0. The molecule has 0 unspecified atom stereocenters. The highest BCUT2D eigenvalue weighted by atomic mass is 32.1. The van der Waals surface area contributed by atoms with Crippen LogP contribution in [0.1, 0.15) is 18.4 Å². The van der Waals surface area contributed by atoms with Gasteiger partial charge in [-0.3, -0.25) is 4.79 Å². The maximum absolute atomic E-state index is 12.9. The van der Waals surface area contributed by atoms with Gasteiger partial charge in [0.25, 0.3) is 0 Å². The van der Waals surface area contributed by atoms with E-state index in [4.69, 9.17) is 9.40 Å². The van der Waals surface area contributed by atoms with Crippen LogP contribution in [0.2, 0.25) is 0 Å². The van der Waals surface area contributed by atoms with Gasteiger partial charge in [-0.15, -0.1) is 21.5 Å². The molecule has 1 N–H and O–H groups in total. The predicted molar refractivity (Wildman–Crippen MR) is 143 cm³/mol. The van der Waals surface area contributed by atoms with Crippen LogP contribution in [0, 0.1) is 12.8 Å². The first-order valence-corrected chi connectivity index (χ1v) is 12.8. The van der Waals surface area contributed by atoms with E-state index in [-0.39, 0.29) is 11.8 Å². The zero-order chi connectivity index (χ0) is 24.5. The van der Waals surface area contributed by atoms with Crippen molar-refractivity contribution in [2.75, 3.05) is 23.3 Å². The Morgan fingerprint density at radius 1 is 1.03 bits per heavy atom. The first-order chi connectivity index (χ1) is 17.6. The van der Waals surface area contributed by atoms with Crippen molar-refractivity contribution >= 4 is 39.0 Å². The molecule has 1 saturated heterocycles. The fourth-order valence-electron chi connectivity index (χ4n) is 4.52. The van der Waals surface area contributed by atoms with Gasteiger partial charge in [-0.25, -0.2) is 4.98 Å². The van der Waals surface area contributed by atoms with Gasteiger partial charge < -0.3 is 14.6 Å². The van der Waals surface area contributed by atoms with Crippen LogP contribution in [-0.2, 0) is 4.79 Å². The second-order valence-corrected chi connectivity index (χ2v) is 10.1. The van der Waals surface area contributed by atoms with Gasteiger partial charge in [-0.1, -0.05) is 6.07 Å². The Labute approximate surface area is 212 Å². The average molecular weight is 496 g/mol. The van der Waals surface area contributed by atoms with Gasteiger partial charge >= 0.3 is 0 Å². The number of thiazole rings is 1. The Morgan fingerprint density at radius 2 is 1.86 bits per heavy atom. The smallest absolute Gasteiger partial charge is 0.227 e. The van der Waals surface area contributed by atoms with Crippen molar-refractivity contribution in [3.8, 4) is 22.0 Å². The van der Waals surface area contributed by atoms with Gasteiger partial charge in [0, 0.05) is 30.3 Å². The molecule has 0 bridgehead atoms. The Hall–Kier alpha value is -4.04. The highest BCUT2D eigenvalue weighted by Gasteiger charge is 2.26. The molecule has 1 aliphatic heterocycles. The van der Waals surface area contributed by atoms with Crippen molar-refractivity contribution < 1.29 is 9.21 Å². The molecule has 0 atom stereocenters. The average Bonchev–Trinajstić information content (AvgIpc) is 3.60. The molecule has 6 rings (SSSR count). The van der Waals surface area contributed by atoms with Crippen LogP contribution in [0.25, 0.3) is 32.2 Å². The number of amides is 1. The standard InChI is InChI=1S/C28H25N5O2S/c1-18-4-9-23-25(17-18)36-28(30-23)20-5-7-21(8-6-20)29-27(34)19-12-14-33(15-13-19)26-11-10-22(31-32-26)24-3-2-16-35-24/h2-11,16-17,19H,12-15H2,1H3,(H,29,34). The number of benzene rings is 2. The third-order valence-corrected chi connectivity index (χ3v) is 7.62. The van der Waals surface area contributed by atoms with E-state index >= 15 is 0 Å². The van der Waals surface area contributed by atoms with Crippen LogP contribution in [0.5, 0.6) is 0 Å². The van der Waals surface area contributed by atoms with Gasteiger partial charge in [0.15, 0.2) is 11.6 Å². The maximum Gasteiger partial charge on any atom is 0.227 e. The van der Waals surface area contributed by atoms with Gasteiger partial charge in [-0.05, 0) is 86.0 Å². The Morgan fingerprint density at radius 3 is 2.58 bits per heavy atom. The number of aromatic nitrogens is 3. The minimum absolute atomic E-state index is 0.0243. The molecule has 0 spiro atoms. The normalized spacial score (nSPS) is 14.3. The van der Waals surface area contributed by atoms with E-state index in [1.54, 1.807) is 17.6 Å². The molecule has 1 aliphatic rings. The van der Waals surface area contributed by atoms with Crippen LogP contribution in [0.15, 0.2) is 77.4 Å². The summed E-state index contributed by atoms with van der Waals surface area (Å²) in [6, 6.07) is 21.8. The molecule has 36 heavy (non-hydrogen) atoms. The zero-order valence-corrected chi connectivity index (χ0v) is 20.7.